The molecule has 1 saturated carbocycles. The highest BCUT2D eigenvalue weighted by atomic mass is 19.1. The van der Waals surface area contributed by atoms with E-state index in [4.69, 9.17) is 14.2 Å². The predicted octanol–water partition coefficient (Wildman–Crippen LogP) is 2.99. The summed E-state index contributed by atoms with van der Waals surface area (Å²) in [7, 11) is 1.51. The molecule has 1 aliphatic carbocycles. The standard InChI is InChI=1S/C18H20FNO4/c1-22-10-24-14-8-13(19)12-4-5-16(21)20-9-15(17(14)18(12)20)23-7-6-11-2-3-11/h4-5,8,11,15H,2-3,6-7,9-10H2,1H3. The van der Waals surface area contributed by atoms with Gasteiger partial charge in [-0.15, -0.1) is 0 Å². The molecule has 1 aromatic carbocycles. The molecule has 1 fully saturated rings. The van der Waals surface area contributed by atoms with Crippen LogP contribution in [0.3, 0.4) is 0 Å². The smallest absolute Gasteiger partial charge is 0.251 e. The summed E-state index contributed by atoms with van der Waals surface area (Å²) in [6.07, 6.45) is 3.28. The first kappa shape index (κ1) is 15.6. The summed E-state index contributed by atoms with van der Waals surface area (Å²) in [5.41, 5.74) is 1.17. The molecule has 24 heavy (non-hydrogen) atoms. The number of rotatable bonds is 7. The van der Waals surface area contributed by atoms with Crippen LogP contribution in [0.2, 0.25) is 0 Å². The first-order valence-corrected chi connectivity index (χ1v) is 8.28. The lowest BCUT2D eigenvalue weighted by Crippen LogP contribution is -2.18. The number of halogens is 1. The molecule has 0 amide bonds. The van der Waals surface area contributed by atoms with Crippen LogP contribution in [0.5, 0.6) is 5.75 Å². The molecule has 2 heterocycles. The minimum Gasteiger partial charge on any atom is -0.467 e. The molecule has 2 aromatic rings. The molecule has 1 unspecified atom stereocenters. The maximum Gasteiger partial charge on any atom is 0.251 e. The van der Waals surface area contributed by atoms with Crippen molar-refractivity contribution in [3.05, 3.63) is 39.9 Å². The van der Waals surface area contributed by atoms with E-state index < -0.39 is 5.82 Å². The molecule has 1 aliphatic heterocycles. The quantitative estimate of drug-likeness (QED) is 0.731. The fraction of sp³-hybridized carbons (Fsp3) is 0.500. The van der Waals surface area contributed by atoms with Gasteiger partial charge >= 0.3 is 0 Å². The molecule has 128 valence electrons. The summed E-state index contributed by atoms with van der Waals surface area (Å²) in [5, 5.41) is 0.419. The van der Waals surface area contributed by atoms with E-state index in [2.05, 4.69) is 0 Å². The summed E-state index contributed by atoms with van der Waals surface area (Å²) in [4.78, 5) is 12.2. The highest BCUT2D eigenvalue weighted by Gasteiger charge is 2.32. The Kier molecular flexibility index (Phi) is 4.02. The largest absolute Gasteiger partial charge is 0.467 e. The van der Waals surface area contributed by atoms with Crippen molar-refractivity contribution in [3.63, 3.8) is 0 Å². The van der Waals surface area contributed by atoms with Gasteiger partial charge < -0.3 is 18.8 Å². The third-order valence-corrected chi connectivity index (χ3v) is 4.76. The molecule has 1 aromatic heterocycles. The number of methoxy groups -OCH3 is 1. The molecule has 4 rings (SSSR count). The van der Waals surface area contributed by atoms with Gasteiger partial charge in [0, 0.05) is 36.8 Å². The van der Waals surface area contributed by atoms with Crippen LogP contribution in [0.25, 0.3) is 10.9 Å². The molecule has 0 spiro atoms. The third kappa shape index (κ3) is 2.70. The van der Waals surface area contributed by atoms with Gasteiger partial charge in [0.25, 0.3) is 5.56 Å². The van der Waals surface area contributed by atoms with Crippen molar-refractivity contribution in [2.45, 2.75) is 31.9 Å². The average Bonchev–Trinajstić information content (AvgIpc) is 3.31. The predicted molar refractivity (Wildman–Crippen MR) is 86.7 cm³/mol. The minimum atomic E-state index is -0.410. The van der Waals surface area contributed by atoms with Gasteiger partial charge in [0.1, 0.15) is 17.7 Å². The SMILES string of the molecule is COCOc1cc(F)c2ccc(=O)n3c2c1C(OCCC1CC1)C3. The topological polar surface area (TPSA) is 49.7 Å². The minimum absolute atomic E-state index is 0.0177. The lowest BCUT2D eigenvalue weighted by atomic mass is 10.1. The summed E-state index contributed by atoms with van der Waals surface area (Å²) in [6.45, 7) is 1.05. The van der Waals surface area contributed by atoms with Crippen molar-refractivity contribution in [3.8, 4) is 5.75 Å². The van der Waals surface area contributed by atoms with Crippen LogP contribution in [0.4, 0.5) is 4.39 Å². The molecule has 1 atom stereocenters. The van der Waals surface area contributed by atoms with E-state index >= 15 is 0 Å². The van der Waals surface area contributed by atoms with Crippen LogP contribution in [0.1, 0.15) is 30.9 Å². The van der Waals surface area contributed by atoms with E-state index in [0.717, 1.165) is 17.9 Å². The number of hydrogen-bond donors (Lipinski definition) is 0. The van der Waals surface area contributed by atoms with Gasteiger partial charge in [-0.2, -0.15) is 0 Å². The molecular weight excluding hydrogens is 313 g/mol. The lowest BCUT2D eigenvalue weighted by Gasteiger charge is -2.16. The van der Waals surface area contributed by atoms with E-state index in [1.54, 1.807) is 4.57 Å². The number of ether oxygens (including phenoxy) is 3. The van der Waals surface area contributed by atoms with Gasteiger partial charge in [0.2, 0.25) is 0 Å². The Bertz CT molecular complexity index is 828. The molecule has 0 radical (unpaired) electrons. The molecule has 0 saturated heterocycles. The van der Waals surface area contributed by atoms with Crippen molar-refractivity contribution in [2.24, 2.45) is 5.92 Å². The maximum atomic E-state index is 14.4. The fourth-order valence-corrected chi connectivity index (χ4v) is 3.36. The maximum absolute atomic E-state index is 14.4. The highest BCUT2D eigenvalue weighted by Crippen LogP contribution is 2.42. The zero-order valence-corrected chi connectivity index (χ0v) is 13.6. The summed E-state index contributed by atoms with van der Waals surface area (Å²) in [6, 6.07) is 4.28. The van der Waals surface area contributed by atoms with Crippen LogP contribution in [-0.4, -0.2) is 25.1 Å². The van der Waals surface area contributed by atoms with Crippen molar-refractivity contribution in [2.75, 3.05) is 20.5 Å². The molecule has 0 bridgehead atoms. The molecular formula is C18H20FNO4. The number of pyridine rings is 1. The summed E-state index contributed by atoms with van der Waals surface area (Å²) < 4.78 is 32.5. The average molecular weight is 333 g/mol. The van der Waals surface area contributed by atoms with Gasteiger partial charge in [0.05, 0.1) is 12.1 Å². The first-order valence-electron chi connectivity index (χ1n) is 8.28. The Labute approximate surface area is 138 Å². The second-order valence-corrected chi connectivity index (χ2v) is 6.46. The Balaban J connectivity index is 1.74. The number of nitrogens with zero attached hydrogens (tertiary/aromatic N) is 1. The van der Waals surface area contributed by atoms with E-state index in [1.807, 2.05) is 0 Å². The Morgan fingerprint density at radius 2 is 2.17 bits per heavy atom. The van der Waals surface area contributed by atoms with Gasteiger partial charge in [-0.1, -0.05) is 12.8 Å². The number of benzene rings is 1. The fourth-order valence-electron chi connectivity index (χ4n) is 3.36. The zero-order valence-electron chi connectivity index (χ0n) is 13.6. The van der Waals surface area contributed by atoms with Gasteiger partial charge in [-0.25, -0.2) is 4.39 Å². The second kappa shape index (κ2) is 6.18. The number of hydrogen-bond acceptors (Lipinski definition) is 4. The van der Waals surface area contributed by atoms with E-state index in [9.17, 15) is 9.18 Å². The van der Waals surface area contributed by atoms with Crippen LogP contribution >= 0.6 is 0 Å². The van der Waals surface area contributed by atoms with Crippen LogP contribution < -0.4 is 10.3 Å². The van der Waals surface area contributed by atoms with Gasteiger partial charge in [-0.3, -0.25) is 4.79 Å². The van der Waals surface area contributed by atoms with E-state index in [-0.39, 0.29) is 18.5 Å². The van der Waals surface area contributed by atoms with Crippen LogP contribution in [-0.2, 0) is 16.0 Å². The van der Waals surface area contributed by atoms with Crippen LogP contribution in [0, 0.1) is 11.7 Å². The third-order valence-electron chi connectivity index (χ3n) is 4.76. The number of aromatic nitrogens is 1. The van der Waals surface area contributed by atoms with E-state index in [1.165, 1.54) is 38.2 Å². The molecule has 5 nitrogen and oxygen atoms in total. The van der Waals surface area contributed by atoms with E-state index in [0.29, 0.717) is 29.8 Å². The molecule has 0 N–H and O–H groups in total. The molecule has 6 heteroatoms. The first-order chi connectivity index (χ1) is 11.7. The Morgan fingerprint density at radius 1 is 1.33 bits per heavy atom. The van der Waals surface area contributed by atoms with Crippen molar-refractivity contribution in [1.29, 1.82) is 0 Å². The highest BCUT2D eigenvalue weighted by molar-refractivity contribution is 5.87. The van der Waals surface area contributed by atoms with Crippen LogP contribution in [0.15, 0.2) is 23.0 Å². The van der Waals surface area contributed by atoms with Crippen molar-refractivity contribution >= 4 is 10.9 Å². The lowest BCUT2D eigenvalue weighted by molar-refractivity contribution is 0.0310. The summed E-state index contributed by atoms with van der Waals surface area (Å²) >= 11 is 0. The Morgan fingerprint density at radius 3 is 2.92 bits per heavy atom. The van der Waals surface area contributed by atoms with Crippen molar-refractivity contribution in [1.82, 2.24) is 4.57 Å². The summed E-state index contributed by atoms with van der Waals surface area (Å²) in [5.74, 6) is 0.747. The van der Waals surface area contributed by atoms with Gasteiger partial charge in [0.15, 0.2) is 6.79 Å². The molecule has 2 aliphatic rings. The second-order valence-electron chi connectivity index (χ2n) is 6.46. The van der Waals surface area contributed by atoms with Gasteiger partial charge in [-0.05, 0) is 18.4 Å². The monoisotopic (exact) mass is 333 g/mol. The Hall–Kier alpha value is -1.92. The zero-order chi connectivity index (χ0) is 16.7. The van der Waals surface area contributed by atoms with Crippen molar-refractivity contribution < 1.29 is 18.6 Å². The normalized spacial score (nSPS) is 19.2.